The molecule has 0 bridgehead atoms. The number of hydrogen-bond acceptors (Lipinski definition) is 4. The summed E-state index contributed by atoms with van der Waals surface area (Å²) in [4.78, 5) is 24.5. The number of amides is 1. The number of carbonyl (C=O) groups excluding carboxylic acids is 1. The molecule has 0 unspecified atom stereocenters. The standard InChI is InChI=1S/C25H24ClN7O/c1-16-8-30-33(12-16)14-19-5-3-18(4-6-19)13-32-15-23(31-17(32)2)25(34)29-10-20-7-21-22(26)11-28-24(21)27-9-20/h3-9,11-12,15H,10,13-14H2,1-2H3,(H,27,28)(H,29,34). The molecule has 0 radical (unpaired) electrons. The van der Waals surface area contributed by atoms with Gasteiger partial charge in [0.2, 0.25) is 0 Å². The molecule has 8 nitrogen and oxygen atoms in total. The Balaban J connectivity index is 1.21. The van der Waals surface area contributed by atoms with Gasteiger partial charge < -0.3 is 14.9 Å². The Bertz CT molecular complexity index is 1460. The molecule has 5 rings (SSSR count). The summed E-state index contributed by atoms with van der Waals surface area (Å²) in [5.41, 5.74) is 5.44. The van der Waals surface area contributed by atoms with Crippen molar-refractivity contribution in [3.8, 4) is 0 Å². The summed E-state index contributed by atoms with van der Waals surface area (Å²) in [5, 5.41) is 8.69. The molecule has 0 spiro atoms. The van der Waals surface area contributed by atoms with E-state index in [2.05, 4.69) is 49.6 Å². The molecule has 0 aliphatic heterocycles. The van der Waals surface area contributed by atoms with Gasteiger partial charge in [-0.2, -0.15) is 5.10 Å². The van der Waals surface area contributed by atoms with Gasteiger partial charge in [0, 0.05) is 43.3 Å². The second-order valence-corrected chi connectivity index (χ2v) is 8.80. The van der Waals surface area contributed by atoms with Crippen LogP contribution in [0.3, 0.4) is 0 Å². The Morgan fingerprint density at radius 1 is 1.06 bits per heavy atom. The van der Waals surface area contributed by atoms with Gasteiger partial charge in [-0.3, -0.25) is 9.48 Å². The van der Waals surface area contributed by atoms with Crippen LogP contribution in [0.25, 0.3) is 11.0 Å². The number of H-pyrrole nitrogens is 1. The van der Waals surface area contributed by atoms with E-state index in [4.69, 9.17) is 11.6 Å². The number of benzene rings is 1. The van der Waals surface area contributed by atoms with Crippen molar-refractivity contribution in [3.63, 3.8) is 0 Å². The minimum absolute atomic E-state index is 0.230. The van der Waals surface area contributed by atoms with E-state index in [1.165, 1.54) is 5.56 Å². The van der Waals surface area contributed by atoms with Crippen molar-refractivity contribution in [1.29, 1.82) is 0 Å². The first-order valence-electron chi connectivity index (χ1n) is 10.9. The number of hydrogen-bond donors (Lipinski definition) is 2. The summed E-state index contributed by atoms with van der Waals surface area (Å²) in [6, 6.07) is 10.3. The lowest BCUT2D eigenvalue weighted by atomic mass is 10.1. The minimum Gasteiger partial charge on any atom is -0.347 e. The Morgan fingerprint density at radius 3 is 2.56 bits per heavy atom. The lowest BCUT2D eigenvalue weighted by Crippen LogP contribution is -2.23. The maximum absolute atomic E-state index is 12.7. The Kier molecular flexibility index (Phi) is 5.90. The number of aryl methyl sites for hydroxylation is 2. The highest BCUT2D eigenvalue weighted by Gasteiger charge is 2.13. The fourth-order valence-electron chi connectivity index (χ4n) is 3.85. The highest BCUT2D eigenvalue weighted by Crippen LogP contribution is 2.22. The number of aromatic amines is 1. The minimum atomic E-state index is -0.230. The van der Waals surface area contributed by atoms with Gasteiger partial charge in [-0.1, -0.05) is 35.9 Å². The van der Waals surface area contributed by atoms with Crippen LogP contribution in [-0.4, -0.2) is 35.2 Å². The van der Waals surface area contributed by atoms with Crippen LogP contribution in [0.1, 0.15) is 38.6 Å². The number of carbonyl (C=O) groups is 1. The van der Waals surface area contributed by atoms with Gasteiger partial charge in [0.25, 0.3) is 5.91 Å². The Hall–Kier alpha value is -3.91. The van der Waals surface area contributed by atoms with E-state index < -0.39 is 0 Å². The van der Waals surface area contributed by atoms with Gasteiger partial charge in [-0.15, -0.1) is 0 Å². The normalized spacial score (nSPS) is 11.3. The second kappa shape index (κ2) is 9.15. The van der Waals surface area contributed by atoms with Gasteiger partial charge in [0.05, 0.1) is 17.8 Å². The zero-order valence-corrected chi connectivity index (χ0v) is 19.7. The number of pyridine rings is 1. The molecule has 34 heavy (non-hydrogen) atoms. The molecule has 0 atom stereocenters. The van der Waals surface area contributed by atoms with Crippen LogP contribution >= 0.6 is 11.6 Å². The maximum Gasteiger partial charge on any atom is 0.271 e. The number of imidazole rings is 1. The molecule has 1 aromatic carbocycles. The predicted octanol–water partition coefficient (Wildman–Crippen LogP) is 4.25. The van der Waals surface area contributed by atoms with Gasteiger partial charge in [-0.25, -0.2) is 9.97 Å². The van der Waals surface area contributed by atoms with Gasteiger partial charge in [0.1, 0.15) is 17.2 Å². The number of aromatic nitrogens is 6. The van der Waals surface area contributed by atoms with E-state index in [1.807, 2.05) is 41.6 Å². The average Bonchev–Trinajstić information content (AvgIpc) is 3.52. The first kappa shape index (κ1) is 21.9. The van der Waals surface area contributed by atoms with E-state index in [1.54, 1.807) is 18.6 Å². The van der Waals surface area contributed by atoms with E-state index in [0.717, 1.165) is 40.1 Å². The average molecular weight is 474 g/mol. The molecule has 172 valence electrons. The molecule has 2 N–H and O–H groups in total. The molecule has 5 aromatic rings. The quantitative estimate of drug-likeness (QED) is 0.369. The first-order valence-corrected chi connectivity index (χ1v) is 11.3. The van der Waals surface area contributed by atoms with Crippen LogP contribution in [0.5, 0.6) is 0 Å². The molecule has 0 saturated carbocycles. The zero-order valence-electron chi connectivity index (χ0n) is 18.9. The third-order valence-electron chi connectivity index (χ3n) is 5.68. The number of nitrogens with one attached hydrogen (secondary N) is 2. The molecule has 9 heteroatoms. The highest BCUT2D eigenvalue weighted by molar-refractivity contribution is 6.35. The Morgan fingerprint density at radius 2 is 1.82 bits per heavy atom. The molecule has 4 heterocycles. The molecule has 1 amide bonds. The van der Waals surface area contributed by atoms with Gasteiger partial charge in [0.15, 0.2) is 0 Å². The fraction of sp³-hybridized carbons (Fsp3) is 0.200. The lowest BCUT2D eigenvalue weighted by molar-refractivity contribution is 0.0946. The largest absolute Gasteiger partial charge is 0.347 e. The number of nitrogens with zero attached hydrogens (tertiary/aromatic N) is 5. The molecular formula is C25H24ClN7O. The molecule has 4 aromatic heterocycles. The van der Waals surface area contributed by atoms with E-state index in [9.17, 15) is 4.79 Å². The summed E-state index contributed by atoms with van der Waals surface area (Å²) in [7, 11) is 0. The lowest BCUT2D eigenvalue weighted by Gasteiger charge is -2.07. The van der Waals surface area contributed by atoms with Crippen molar-refractivity contribution >= 4 is 28.5 Å². The van der Waals surface area contributed by atoms with Crippen LogP contribution in [-0.2, 0) is 19.6 Å². The van der Waals surface area contributed by atoms with Crippen LogP contribution in [0.2, 0.25) is 5.02 Å². The maximum atomic E-state index is 12.7. The van der Waals surface area contributed by atoms with E-state index in [0.29, 0.717) is 23.8 Å². The van der Waals surface area contributed by atoms with Crippen molar-refractivity contribution in [2.24, 2.45) is 0 Å². The summed E-state index contributed by atoms with van der Waals surface area (Å²) in [6.07, 6.45) is 9.09. The monoisotopic (exact) mass is 473 g/mol. The predicted molar refractivity (Wildman–Crippen MR) is 131 cm³/mol. The Labute approximate surface area is 201 Å². The number of fused-ring (bicyclic) bond motifs is 1. The van der Waals surface area contributed by atoms with Crippen LogP contribution in [0.15, 0.2) is 61.3 Å². The van der Waals surface area contributed by atoms with Crippen LogP contribution < -0.4 is 5.32 Å². The van der Waals surface area contributed by atoms with E-state index >= 15 is 0 Å². The van der Waals surface area contributed by atoms with Crippen molar-refractivity contribution < 1.29 is 4.79 Å². The fourth-order valence-corrected chi connectivity index (χ4v) is 4.05. The third kappa shape index (κ3) is 4.72. The highest BCUT2D eigenvalue weighted by atomic mass is 35.5. The molecular weight excluding hydrogens is 450 g/mol. The number of rotatable bonds is 7. The molecule has 0 fully saturated rings. The van der Waals surface area contributed by atoms with Crippen molar-refractivity contribution in [3.05, 3.63) is 100 Å². The topological polar surface area (TPSA) is 93.4 Å². The van der Waals surface area contributed by atoms with Gasteiger partial charge in [-0.05, 0) is 42.2 Å². The van der Waals surface area contributed by atoms with Crippen molar-refractivity contribution in [2.45, 2.75) is 33.5 Å². The molecule has 0 aliphatic rings. The third-order valence-corrected chi connectivity index (χ3v) is 5.99. The molecule has 0 saturated heterocycles. The SMILES string of the molecule is Cc1cnn(Cc2ccc(Cn3cc(C(=O)NCc4cnc5[nH]cc(Cl)c5c4)nc3C)cc2)c1. The van der Waals surface area contributed by atoms with E-state index in [-0.39, 0.29) is 5.91 Å². The van der Waals surface area contributed by atoms with Crippen LogP contribution in [0, 0.1) is 13.8 Å². The van der Waals surface area contributed by atoms with Crippen molar-refractivity contribution in [2.75, 3.05) is 0 Å². The van der Waals surface area contributed by atoms with Crippen LogP contribution in [0.4, 0.5) is 0 Å². The second-order valence-electron chi connectivity index (χ2n) is 8.39. The summed E-state index contributed by atoms with van der Waals surface area (Å²) < 4.78 is 3.91. The van der Waals surface area contributed by atoms with Gasteiger partial charge >= 0.3 is 0 Å². The molecule has 0 aliphatic carbocycles. The number of halogens is 1. The van der Waals surface area contributed by atoms with Crippen molar-refractivity contribution in [1.82, 2.24) is 34.6 Å². The smallest absolute Gasteiger partial charge is 0.271 e. The summed E-state index contributed by atoms with van der Waals surface area (Å²) in [5.74, 6) is 0.551. The summed E-state index contributed by atoms with van der Waals surface area (Å²) in [6.45, 7) is 5.65. The first-order chi connectivity index (χ1) is 16.4. The zero-order chi connectivity index (χ0) is 23.7. The summed E-state index contributed by atoms with van der Waals surface area (Å²) >= 11 is 6.16.